The van der Waals surface area contributed by atoms with Crippen molar-refractivity contribution in [3.05, 3.63) is 29.3 Å². The summed E-state index contributed by atoms with van der Waals surface area (Å²) in [7, 11) is 0. The Labute approximate surface area is 135 Å². The summed E-state index contributed by atoms with van der Waals surface area (Å²) in [4.78, 5) is 26.4. The second kappa shape index (κ2) is 7.18. The van der Waals surface area contributed by atoms with Crippen molar-refractivity contribution in [2.75, 3.05) is 18.8 Å². The van der Waals surface area contributed by atoms with Crippen LogP contribution in [0.1, 0.15) is 24.5 Å². The molecule has 1 aromatic carbocycles. The van der Waals surface area contributed by atoms with E-state index in [9.17, 15) is 9.59 Å². The van der Waals surface area contributed by atoms with Gasteiger partial charge in [-0.05, 0) is 37.8 Å². The lowest BCUT2D eigenvalue weighted by Crippen LogP contribution is -2.45. The van der Waals surface area contributed by atoms with E-state index in [4.69, 9.17) is 5.11 Å². The van der Waals surface area contributed by atoms with E-state index in [1.54, 1.807) is 16.7 Å². The van der Waals surface area contributed by atoms with Crippen LogP contribution >= 0.6 is 11.8 Å². The molecule has 0 radical (unpaired) electrons. The van der Waals surface area contributed by atoms with Crippen LogP contribution in [0.4, 0.5) is 0 Å². The second-order valence-electron chi connectivity index (χ2n) is 6.11. The highest BCUT2D eigenvalue weighted by Gasteiger charge is 2.32. The highest BCUT2D eigenvalue weighted by molar-refractivity contribution is 8.00. The van der Waals surface area contributed by atoms with Gasteiger partial charge in [-0.15, -0.1) is 11.8 Å². The van der Waals surface area contributed by atoms with Crippen LogP contribution in [-0.4, -0.2) is 40.7 Å². The first-order valence-electron chi connectivity index (χ1n) is 7.59. The summed E-state index contributed by atoms with van der Waals surface area (Å²) in [5, 5.41) is 9.13. The van der Waals surface area contributed by atoms with Crippen LogP contribution in [0.3, 0.4) is 0 Å². The molecule has 1 aliphatic heterocycles. The quantitative estimate of drug-likeness (QED) is 0.866. The average Bonchev–Trinajstić information content (AvgIpc) is 2.45. The van der Waals surface area contributed by atoms with E-state index in [0.29, 0.717) is 25.3 Å². The normalized spacial score (nSPS) is 21.7. The Bertz CT molecular complexity index is 573. The van der Waals surface area contributed by atoms with Crippen LogP contribution < -0.4 is 0 Å². The van der Waals surface area contributed by atoms with E-state index in [2.05, 4.69) is 32.0 Å². The van der Waals surface area contributed by atoms with Crippen molar-refractivity contribution >= 4 is 23.6 Å². The molecular weight excluding hydrogens is 298 g/mol. The first-order chi connectivity index (χ1) is 10.4. The first-order valence-corrected chi connectivity index (χ1v) is 8.57. The lowest BCUT2D eigenvalue weighted by atomic mass is 9.87. The van der Waals surface area contributed by atoms with Gasteiger partial charge >= 0.3 is 5.97 Å². The number of amides is 1. The Kier molecular flexibility index (Phi) is 5.51. The van der Waals surface area contributed by atoms with Gasteiger partial charge in [0, 0.05) is 18.0 Å². The third kappa shape index (κ3) is 4.03. The van der Waals surface area contributed by atoms with Crippen molar-refractivity contribution < 1.29 is 14.7 Å². The SMILES string of the molecule is Cc1ccc(SCC(=O)N2CCC(C(=O)O)C(C)C2)c(C)c1. The molecule has 22 heavy (non-hydrogen) atoms. The van der Waals surface area contributed by atoms with E-state index in [1.165, 1.54) is 11.1 Å². The maximum atomic E-state index is 12.3. The number of carbonyl (C=O) groups is 2. The molecule has 1 fully saturated rings. The predicted molar refractivity (Wildman–Crippen MR) is 88.1 cm³/mol. The zero-order valence-corrected chi connectivity index (χ0v) is 14.2. The van der Waals surface area contributed by atoms with Gasteiger partial charge < -0.3 is 10.0 Å². The Balaban J connectivity index is 1.89. The van der Waals surface area contributed by atoms with E-state index in [-0.39, 0.29) is 17.7 Å². The number of aryl methyl sites for hydroxylation is 2. The molecule has 120 valence electrons. The second-order valence-corrected chi connectivity index (χ2v) is 7.13. The number of benzene rings is 1. The highest BCUT2D eigenvalue weighted by atomic mass is 32.2. The number of nitrogens with zero attached hydrogens (tertiary/aromatic N) is 1. The molecule has 0 bridgehead atoms. The molecule has 1 heterocycles. The number of hydrogen-bond donors (Lipinski definition) is 1. The molecule has 0 aromatic heterocycles. The molecule has 1 saturated heterocycles. The van der Waals surface area contributed by atoms with Gasteiger partial charge in [-0.1, -0.05) is 24.6 Å². The zero-order valence-electron chi connectivity index (χ0n) is 13.3. The Morgan fingerprint density at radius 1 is 1.36 bits per heavy atom. The van der Waals surface area contributed by atoms with Gasteiger partial charge in [-0.2, -0.15) is 0 Å². The molecule has 5 heteroatoms. The Morgan fingerprint density at radius 2 is 2.09 bits per heavy atom. The van der Waals surface area contributed by atoms with Crippen molar-refractivity contribution in [2.45, 2.75) is 32.1 Å². The van der Waals surface area contributed by atoms with Crippen molar-refractivity contribution in [3.63, 3.8) is 0 Å². The number of carbonyl (C=O) groups excluding carboxylic acids is 1. The molecule has 0 aliphatic carbocycles. The first kappa shape index (κ1) is 16.9. The fourth-order valence-corrected chi connectivity index (χ4v) is 3.84. The van der Waals surface area contributed by atoms with Crippen molar-refractivity contribution in [1.82, 2.24) is 4.90 Å². The molecule has 2 rings (SSSR count). The van der Waals surface area contributed by atoms with E-state index < -0.39 is 5.97 Å². The van der Waals surface area contributed by atoms with Gasteiger partial charge in [0.25, 0.3) is 0 Å². The summed E-state index contributed by atoms with van der Waals surface area (Å²) >= 11 is 1.56. The van der Waals surface area contributed by atoms with E-state index in [1.807, 2.05) is 6.92 Å². The topological polar surface area (TPSA) is 57.6 Å². The minimum atomic E-state index is -0.746. The number of hydrogen-bond acceptors (Lipinski definition) is 3. The summed E-state index contributed by atoms with van der Waals surface area (Å²) in [5.74, 6) is -0.545. The lowest BCUT2D eigenvalue weighted by molar-refractivity contribution is -0.147. The monoisotopic (exact) mass is 321 g/mol. The van der Waals surface area contributed by atoms with Crippen LogP contribution in [0, 0.1) is 25.7 Å². The third-order valence-corrected chi connectivity index (χ3v) is 5.42. The summed E-state index contributed by atoms with van der Waals surface area (Å²) < 4.78 is 0. The zero-order chi connectivity index (χ0) is 16.3. The summed E-state index contributed by atoms with van der Waals surface area (Å²) in [6, 6.07) is 6.23. The van der Waals surface area contributed by atoms with Crippen LogP contribution in [0.25, 0.3) is 0 Å². The average molecular weight is 321 g/mol. The lowest BCUT2D eigenvalue weighted by Gasteiger charge is -2.35. The Morgan fingerprint density at radius 3 is 2.68 bits per heavy atom. The Hall–Kier alpha value is -1.49. The molecule has 1 N–H and O–H groups in total. The smallest absolute Gasteiger partial charge is 0.306 e. The number of aliphatic carboxylic acids is 1. The number of likely N-dealkylation sites (tertiary alicyclic amines) is 1. The number of rotatable bonds is 4. The van der Waals surface area contributed by atoms with Crippen LogP contribution in [-0.2, 0) is 9.59 Å². The predicted octanol–water partition coefficient (Wildman–Crippen LogP) is 2.96. The number of thioether (sulfide) groups is 1. The molecular formula is C17H23NO3S. The minimum Gasteiger partial charge on any atom is -0.481 e. The standard InChI is InChI=1S/C17H23NO3S/c1-11-4-5-15(12(2)8-11)22-10-16(19)18-7-6-14(17(20)21)13(3)9-18/h4-5,8,13-14H,6-7,9-10H2,1-3H3,(H,20,21). The molecule has 4 nitrogen and oxygen atoms in total. The molecule has 1 aromatic rings. The van der Waals surface area contributed by atoms with Crippen molar-refractivity contribution in [2.24, 2.45) is 11.8 Å². The number of carboxylic acid groups (broad SMARTS) is 1. The number of piperidine rings is 1. The summed E-state index contributed by atoms with van der Waals surface area (Å²) in [6.07, 6.45) is 0.552. The van der Waals surface area contributed by atoms with Gasteiger partial charge in [-0.3, -0.25) is 9.59 Å². The number of carboxylic acids is 1. The molecule has 0 spiro atoms. The largest absolute Gasteiger partial charge is 0.481 e. The summed E-state index contributed by atoms with van der Waals surface area (Å²) in [6.45, 7) is 7.12. The maximum Gasteiger partial charge on any atom is 0.306 e. The van der Waals surface area contributed by atoms with Gasteiger partial charge in [-0.25, -0.2) is 0 Å². The summed E-state index contributed by atoms with van der Waals surface area (Å²) in [5.41, 5.74) is 2.41. The highest BCUT2D eigenvalue weighted by Crippen LogP contribution is 2.26. The fraction of sp³-hybridized carbons (Fsp3) is 0.529. The van der Waals surface area contributed by atoms with Crippen LogP contribution in [0.15, 0.2) is 23.1 Å². The van der Waals surface area contributed by atoms with Gasteiger partial charge in [0.05, 0.1) is 11.7 Å². The van der Waals surface area contributed by atoms with Crippen LogP contribution in [0.2, 0.25) is 0 Å². The minimum absolute atomic E-state index is 0.0151. The van der Waals surface area contributed by atoms with E-state index in [0.717, 1.165) is 4.90 Å². The molecule has 0 saturated carbocycles. The maximum absolute atomic E-state index is 12.3. The third-order valence-electron chi connectivity index (χ3n) is 4.26. The van der Waals surface area contributed by atoms with Gasteiger partial charge in [0.2, 0.25) is 5.91 Å². The molecule has 2 unspecified atom stereocenters. The molecule has 1 amide bonds. The molecule has 2 atom stereocenters. The van der Waals surface area contributed by atoms with Gasteiger partial charge in [0.15, 0.2) is 0 Å². The van der Waals surface area contributed by atoms with Crippen molar-refractivity contribution in [1.29, 1.82) is 0 Å². The fourth-order valence-electron chi connectivity index (χ4n) is 2.93. The molecule has 1 aliphatic rings. The van der Waals surface area contributed by atoms with Crippen molar-refractivity contribution in [3.8, 4) is 0 Å². The van der Waals surface area contributed by atoms with Gasteiger partial charge in [0.1, 0.15) is 0 Å². The van der Waals surface area contributed by atoms with E-state index >= 15 is 0 Å². The van der Waals surface area contributed by atoms with Crippen LogP contribution in [0.5, 0.6) is 0 Å².